The highest BCUT2D eigenvalue weighted by molar-refractivity contribution is 6.02. The van der Waals surface area contributed by atoms with Gasteiger partial charge in [-0.15, -0.1) is 0 Å². The molecule has 0 fully saturated rings. The van der Waals surface area contributed by atoms with E-state index in [4.69, 9.17) is 4.84 Å². The summed E-state index contributed by atoms with van der Waals surface area (Å²) in [5, 5.41) is 17.2. The summed E-state index contributed by atoms with van der Waals surface area (Å²) >= 11 is 0. The van der Waals surface area contributed by atoms with E-state index in [1.807, 2.05) is 19.9 Å². The molecule has 110 valence electrons. The standard InChI is InChI=1S/C16H24N2O2/c1-12(2)17-10-14(19)11-20-18-16-9-5-7-13-6-3-4-8-15(13)16/h3-4,6,8,12,14,17,19H,5,7,9-11H2,1-2H3/b18-16+. The predicted molar refractivity (Wildman–Crippen MR) is 81.0 cm³/mol. The lowest BCUT2D eigenvalue weighted by Crippen LogP contribution is -2.34. The Balaban J connectivity index is 1.86. The van der Waals surface area contributed by atoms with Gasteiger partial charge in [0.2, 0.25) is 0 Å². The number of fused-ring (bicyclic) bond motifs is 1. The van der Waals surface area contributed by atoms with Crippen LogP contribution in [0.3, 0.4) is 0 Å². The molecule has 1 unspecified atom stereocenters. The Morgan fingerprint density at radius 3 is 2.90 bits per heavy atom. The molecule has 4 nitrogen and oxygen atoms in total. The third-order valence-corrected chi connectivity index (χ3v) is 3.39. The summed E-state index contributed by atoms with van der Waals surface area (Å²) in [6.45, 7) is 4.85. The van der Waals surface area contributed by atoms with Crippen LogP contribution in [0.25, 0.3) is 0 Å². The molecule has 0 heterocycles. The van der Waals surface area contributed by atoms with Crippen LogP contribution in [0.2, 0.25) is 0 Å². The highest BCUT2D eigenvalue weighted by Crippen LogP contribution is 2.21. The average molecular weight is 276 g/mol. The smallest absolute Gasteiger partial charge is 0.144 e. The minimum absolute atomic E-state index is 0.228. The Labute approximate surface area is 120 Å². The molecule has 20 heavy (non-hydrogen) atoms. The first kappa shape index (κ1) is 15.0. The number of aryl methyl sites for hydroxylation is 1. The van der Waals surface area contributed by atoms with Gasteiger partial charge in [-0.2, -0.15) is 0 Å². The van der Waals surface area contributed by atoms with E-state index in [0.717, 1.165) is 25.0 Å². The average Bonchev–Trinajstić information content (AvgIpc) is 2.45. The first-order valence-electron chi connectivity index (χ1n) is 7.35. The van der Waals surface area contributed by atoms with Gasteiger partial charge in [0.15, 0.2) is 0 Å². The molecule has 0 amide bonds. The molecule has 0 aliphatic heterocycles. The van der Waals surface area contributed by atoms with Crippen LogP contribution in [-0.4, -0.2) is 36.1 Å². The van der Waals surface area contributed by atoms with Crippen molar-refractivity contribution in [1.82, 2.24) is 5.32 Å². The minimum atomic E-state index is -0.527. The number of aliphatic hydroxyl groups excluding tert-OH is 1. The van der Waals surface area contributed by atoms with Gasteiger partial charge >= 0.3 is 0 Å². The molecule has 2 N–H and O–H groups in total. The number of nitrogens with one attached hydrogen (secondary N) is 1. The first-order valence-corrected chi connectivity index (χ1v) is 7.35. The molecule has 0 saturated heterocycles. The van der Waals surface area contributed by atoms with Crippen molar-refractivity contribution in [2.75, 3.05) is 13.2 Å². The third kappa shape index (κ3) is 4.32. The van der Waals surface area contributed by atoms with E-state index in [9.17, 15) is 5.11 Å². The molecule has 1 aliphatic rings. The summed E-state index contributed by atoms with van der Waals surface area (Å²) < 4.78 is 0. The van der Waals surface area contributed by atoms with Crippen LogP contribution in [0.1, 0.15) is 37.8 Å². The summed E-state index contributed by atoms with van der Waals surface area (Å²) in [4.78, 5) is 5.32. The quantitative estimate of drug-likeness (QED) is 0.782. The van der Waals surface area contributed by atoms with Gasteiger partial charge in [0.1, 0.15) is 12.7 Å². The normalized spacial score (nSPS) is 18.1. The fourth-order valence-electron chi connectivity index (χ4n) is 2.33. The van der Waals surface area contributed by atoms with E-state index in [-0.39, 0.29) is 6.61 Å². The lowest BCUT2D eigenvalue weighted by Gasteiger charge is -2.17. The van der Waals surface area contributed by atoms with Gasteiger partial charge < -0.3 is 15.3 Å². The van der Waals surface area contributed by atoms with Gasteiger partial charge in [-0.3, -0.25) is 0 Å². The van der Waals surface area contributed by atoms with Crippen molar-refractivity contribution < 1.29 is 9.94 Å². The molecule has 2 rings (SSSR count). The maximum absolute atomic E-state index is 9.77. The number of aliphatic hydroxyl groups is 1. The molecule has 1 aliphatic carbocycles. The van der Waals surface area contributed by atoms with E-state index in [2.05, 4.69) is 28.7 Å². The molecule has 1 aromatic carbocycles. The zero-order valence-electron chi connectivity index (χ0n) is 12.3. The molecule has 0 radical (unpaired) electrons. The zero-order chi connectivity index (χ0) is 14.4. The van der Waals surface area contributed by atoms with Gasteiger partial charge in [0.05, 0.1) is 5.71 Å². The van der Waals surface area contributed by atoms with Crippen molar-refractivity contribution in [1.29, 1.82) is 0 Å². The van der Waals surface area contributed by atoms with Gasteiger partial charge in [-0.1, -0.05) is 43.3 Å². The van der Waals surface area contributed by atoms with E-state index in [1.165, 1.54) is 11.1 Å². The van der Waals surface area contributed by atoms with Crippen molar-refractivity contribution in [3.63, 3.8) is 0 Å². The number of nitrogens with zero attached hydrogens (tertiary/aromatic N) is 1. The van der Waals surface area contributed by atoms with Gasteiger partial charge in [0, 0.05) is 18.2 Å². The summed E-state index contributed by atoms with van der Waals surface area (Å²) in [7, 11) is 0. The van der Waals surface area contributed by atoms with Crippen LogP contribution >= 0.6 is 0 Å². The van der Waals surface area contributed by atoms with Crippen molar-refractivity contribution in [2.45, 2.75) is 45.3 Å². The molecule has 0 saturated carbocycles. The highest BCUT2D eigenvalue weighted by atomic mass is 16.6. The fraction of sp³-hybridized carbons (Fsp3) is 0.562. The maximum Gasteiger partial charge on any atom is 0.144 e. The van der Waals surface area contributed by atoms with Crippen LogP contribution in [-0.2, 0) is 11.3 Å². The molecular formula is C16H24N2O2. The number of hydrogen-bond donors (Lipinski definition) is 2. The second-order valence-electron chi connectivity index (χ2n) is 5.56. The molecule has 0 spiro atoms. The molecular weight excluding hydrogens is 252 g/mol. The van der Waals surface area contributed by atoms with Crippen molar-refractivity contribution in [3.8, 4) is 0 Å². The summed E-state index contributed by atoms with van der Waals surface area (Å²) in [5.74, 6) is 0. The van der Waals surface area contributed by atoms with E-state index < -0.39 is 6.10 Å². The first-order chi connectivity index (χ1) is 9.66. The number of oxime groups is 1. The fourth-order valence-corrected chi connectivity index (χ4v) is 2.33. The topological polar surface area (TPSA) is 53.8 Å². The second kappa shape index (κ2) is 7.41. The SMILES string of the molecule is CC(C)NCC(O)CO/N=C1\CCCc2ccccc21. The van der Waals surface area contributed by atoms with Crippen LogP contribution < -0.4 is 5.32 Å². The molecule has 1 atom stereocenters. The molecule has 4 heteroatoms. The van der Waals surface area contributed by atoms with Crippen LogP contribution in [0.4, 0.5) is 0 Å². The van der Waals surface area contributed by atoms with Gasteiger partial charge in [-0.25, -0.2) is 0 Å². The number of rotatable bonds is 6. The van der Waals surface area contributed by atoms with Gasteiger partial charge in [-0.05, 0) is 24.8 Å². The van der Waals surface area contributed by atoms with Gasteiger partial charge in [0.25, 0.3) is 0 Å². The Bertz CT molecular complexity index is 458. The minimum Gasteiger partial charge on any atom is -0.393 e. The van der Waals surface area contributed by atoms with E-state index in [1.54, 1.807) is 0 Å². The maximum atomic E-state index is 9.77. The lowest BCUT2D eigenvalue weighted by molar-refractivity contribution is 0.0392. The summed E-state index contributed by atoms with van der Waals surface area (Å²) in [6.07, 6.45) is 2.63. The Morgan fingerprint density at radius 2 is 2.10 bits per heavy atom. The van der Waals surface area contributed by atoms with Crippen molar-refractivity contribution >= 4 is 5.71 Å². The number of hydrogen-bond acceptors (Lipinski definition) is 4. The Kier molecular flexibility index (Phi) is 5.56. The van der Waals surface area contributed by atoms with E-state index >= 15 is 0 Å². The summed E-state index contributed by atoms with van der Waals surface area (Å²) in [6, 6.07) is 8.69. The Morgan fingerprint density at radius 1 is 1.30 bits per heavy atom. The molecule has 1 aromatic rings. The van der Waals surface area contributed by atoms with Crippen LogP contribution in [0.5, 0.6) is 0 Å². The molecule has 0 aromatic heterocycles. The highest BCUT2D eigenvalue weighted by Gasteiger charge is 2.15. The number of benzene rings is 1. The van der Waals surface area contributed by atoms with Crippen LogP contribution in [0, 0.1) is 0 Å². The predicted octanol–water partition coefficient (Wildman–Crippen LogP) is 2.10. The largest absolute Gasteiger partial charge is 0.393 e. The zero-order valence-corrected chi connectivity index (χ0v) is 12.3. The lowest BCUT2D eigenvalue weighted by atomic mass is 9.90. The van der Waals surface area contributed by atoms with Crippen LogP contribution in [0.15, 0.2) is 29.4 Å². The molecule has 0 bridgehead atoms. The van der Waals surface area contributed by atoms with Crippen molar-refractivity contribution in [3.05, 3.63) is 35.4 Å². The Hall–Kier alpha value is -1.39. The van der Waals surface area contributed by atoms with Crippen molar-refractivity contribution in [2.24, 2.45) is 5.16 Å². The third-order valence-electron chi connectivity index (χ3n) is 3.39. The van der Waals surface area contributed by atoms with E-state index in [0.29, 0.717) is 12.6 Å². The monoisotopic (exact) mass is 276 g/mol. The summed E-state index contributed by atoms with van der Waals surface area (Å²) in [5.41, 5.74) is 3.52. The second-order valence-corrected chi connectivity index (χ2v) is 5.56.